The maximum Gasteiger partial charge on any atom is 0.251 e. The summed E-state index contributed by atoms with van der Waals surface area (Å²) in [5.74, 6) is 0.417. The summed E-state index contributed by atoms with van der Waals surface area (Å²) in [4.78, 5) is 23.6. The van der Waals surface area contributed by atoms with Crippen LogP contribution in [0.4, 0.5) is 11.6 Å². The molecule has 1 amide bonds. The summed E-state index contributed by atoms with van der Waals surface area (Å²) >= 11 is 0. The maximum absolute atomic E-state index is 12.5. The van der Waals surface area contributed by atoms with E-state index >= 15 is 0 Å². The molecular weight excluding hydrogens is 362 g/mol. The van der Waals surface area contributed by atoms with Crippen LogP contribution in [0.5, 0.6) is 0 Å². The molecule has 0 unspecified atom stereocenters. The Labute approximate surface area is 170 Å². The van der Waals surface area contributed by atoms with Crippen molar-refractivity contribution in [2.75, 3.05) is 25.5 Å². The first-order chi connectivity index (χ1) is 14.2. The molecule has 1 aliphatic rings. The smallest absolute Gasteiger partial charge is 0.251 e. The molecule has 0 fully saturated rings. The standard InChI is InChI=1S/C23H23N5O/c1-28-13-3-2-11-24-22(29)19-8-5-7-18(15-19)21-10-12-25-23(27-21)26-20-9-4-6-17(14-20)16-28/h2-10,12,14-15H,11,13,16H2,1H3,(H,24,29)(H,25,26,27)/b3-2+. The van der Waals surface area contributed by atoms with Gasteiger partial charge in [-0.2, -0.15) is 0 Å². The fourth-order valence-corrected chi connectivity index (χ4v) is 3.24. The number of carbonyl (C=O) groups excluding carboxylic acids is 1. The van der Waals surface area contributed by atoms with Crippen molar-refractivity contribution in [1.82, 2.24) is 20.2 Å². The Balaban J connectivity index is 1.70. The number of carbonyl (C=O) groups is 1. The zero-order chi connectivity index (χ0) is 20.1. The van der Waals surface area contributed by atoms with E-state index < -0.39 is 0 Å². The van der Waals surface area contributed by atoms with E-state index in [9.17, 15) is 4.79 Å². The highest BCUT2D eigenvalue weighted by atomic mass is 16.1. The average Bonchev–Trinajstić information content (AvgIpc) is 2.73. The van der Waals surface area contributed by atoms with Crippen LogP contribution in [0.25, 0.3) is 11.3 Å². The lowest BCUT2D eigenvalue weighted by molar-refractivity contribution is 0.0958. The Morgan fingerprint density at radius 3 is 2.79 bits per heavy atom. The van der Waals surface area contributed by atoms with Crippen LogP contribution >= 0.6 is 0 Å². The molecule has 0 spiro atoms. The van der Waals surface area contributed by atoms with E-state index in [-0.39, 0.29) is 5.91 Å². The Hall–Kier alpha value is -3.51. The number of hydrogen-bond donors (Lipinski definition) is 2. The first-order valence-electron chi connectivity index (χ1n) is 9.58. The van der Waals surface area contributed by atoms with Gasteiger partial charge in [-0.25, -0.2) is 9.97 Å². The summed E-state index contributed by atoms with van der Waals surface area (Å²) < 4.78 is 0. The lowest BCUT2D eigenvalue weighted by Crippen LogP contribution is -2.23. The molecule has 0 saturated heterocycles. The van der Waals surface area contributed by atoms with Gasteiger partial charge in [0, 0.05) is 42.6 Å². The summed E-state index contributed by atoms with van der Waals surface area (Å²) in [6.07, 6.45) is 5.77. The van der Waals surface area contributed by atoms with E-state index in [1.54, 1.807) is 12.3 Å². The Morgan fingerprint density at radius 2 is 1.86 bits per heavy atom. The van der Waals surface area contributed by atoms with Crippen molar-refractivity contribution in [3.63, 3.8) is 0 Å². The summed E-state index contributed by atoms with van der Waals surface area (Å²) in [7, 11) is 2.07. The topological polar surface area (TPSA) is 70.2 Å². The van der Waals surface area contributed by atoms with Gasteiger partial charge in [-0.05, 0) is 42.9 Å². The molecule has 2 heterocycles. The molecule has 146 valence electrons. The number of aromatic nitrogens is 2. The van der Waals surface area contributed by atoms with Crippen molar-refractivity contribution in [2.45, 2.75) is 6.54 Å². The maximum atomic E-state index is 12.5. The fraction of sp³-hybridized carbons (Fsp3) is 0.174. The van der Waals surface area contributed by atoms with E-state index in [1.807, 2.05) is 42.5 Å². The first-order valence-corrected chi connectivity index (χ1v) is 9.58. The van der Waals surface area contributed by atoms with Crippen LogP contribution in [0.15, 0.2) is 72.9 Å². The minimum absolute atomic E-state index is 0.103. The van der Waals surface area contributed by atoms with Gasteiger partial charge >= 0.3 is 0 Å². The predicted octanol–water partition coefficient (Wildman–Crippen LogP) is 3.62. The SMILES string of the molecule is CN1C/C=C/CNC(=O)c2cccc(c2)-c2ccnc(n2)Nc2cccc(c2)C1. The third kappa shape index (κ3) is 4.86. The molecule has 6 nitrogen and oxygen atoms in total. The van der Waals surface area contributed by atoms with Gasteiger partial charge in [-0.3, -0.25) is 9.69 Å². The van der Waals surface area contributed by atoms with Crippen LogP contribution < -0.4 is 10.6 Å². The molecule has 6 heteroatoms. The molecule has 3 aromatic rings. The van der Waals surface area contributed by atoms with Gasteiger partial charge in [0.05, 0.1) is 5.69 Å². The van der Waals surface area contributed by atoms with E-state index in [1.165, 1.54) is 5.56 Å². The van der Waals surface area contributed by atoms with Crippen LogP contribution in [-0.4, -0.2) is 40.9 Å². The first kappa shape index (κ1) is 18.8. The van der Waals surface area contributed by atoms with Crippen LogP contribution in [0.3, 0.4) is 0 Å². The van der Waals surface area contributed by atoms with Crippen molar-refractivity contribution in [2.24, 2.45) is 0 Å². The molecule has 6 bridgehead atoms. The van der Waals surface area contributed by atoms with E-state index in [4.69, 9.17) is 0 Å². The van der Waals surface area contributed by atoms with Crippen LogP contribution in [0, 0.1) is 0 Å². The number of rotatable bonds is 0. The second-order valence-corrected chi connectivity index (χ2v) is 7.05. The summed E-state index contributed by atoms with van der Waals surface area (Å²) in [6, 6.07) is 17.6. The summed E-state index contributed by atoms with van der Waals surface area (Å²) in [6.45, 7) is 2.11. The minimum Gasteiger partial charge on any atom is -0.349 e. The molecule has 1 aliphatic heterocycles. The Bertz CT molecular complexity index is 1050. The normalized spacial score (nSPS) is 16.1. The molecule has 1 aromatic heterocycles. The Morgan fingerprint density at radius 1 is 1.00 bits per heavy atom. The number of nitrogens with zero attached hydrogens (tertiary/aromatic N) is 3. The number of likely N-dealkylation sites (N-methyl/N-ethyl adjacent to an activating group) is 1. The molecular formula is C23H23N5O. The lowest BCUT2D eigenvalue weighted by atomic mass is 10.1. The molecule has 2 aromatic carbocycles. The van der Waals surface area contributed by atoms with Gasteiger partial charge in [0.15, 0.2) is 0 Å². The van der Waals surface area contributed by atoms with Gasteiger partial charge in [0.2, 0.25) is 5.95 Å². The number of benzene rings is 2. The molecule has 29 heavy (non-hydrogen) atoms. The van der Waals surface area contributed by atoms with Gasteiger partial charge in [-0.1, -0.05) is 36.4 Å². The summed E-state index contributed by atoms with van der Waals surface area (Å²) in [5.41, 5.74) is 4.38. The van der Waals surface area contributed by atoms with Crippen LogP contribution in [-0.2, 0) is 6.54 Å². The zero-order valence-electron chi connectivity index (χ0n) is 16.3. The summed E-state index contributed by atoms with van der Waals surface area (Å²) in [5, 5.41) is 6.22. The molecule has 0 atom stereocenters. The number of fused-ring (bicyclic) bond motifs is 7. The second-order valence-electron chi connectivity index (χ2n) is 7.05. The third-order valence-electron chi connectivity index (χ3n) is 4.68. The van der Waals surface area contributed by atoms with Crippen LogP contribution in [0.1, 0.15) is 15.9 Å². The van der Waals surface area contributed by atoms with Crippen molar-refractivity contribution in [3.8, 4) is 11.3 Å². The van der Waals surface area contributed by atoms with Gasteiger partial charge in [-0.15, -0.1) is 0 Å². The van der Waals surface area contributed by atoms with Crippen molar-refractivity contribution >= 4 is 17.5 Å². The van der Waals surface area contributed by atoms with Crippen molar-refractivity contribution in [1.29, 1.82) is 0 Å². The Kier molecular flexibility index (Phi) is 5.63. The number of amides is 1. The second kappa shape index (κ2) is 8.67. The molecule has 0 saturated carbocycles. The van der Waals surface area contributed by atoms with Gasteiger partial charge < -0.3 is 10.6 Å². The van der Waals surface area contributed by atoms with E-state index in [0.29, 0.717) is 18.1 Å². The number of nitrogens with one attached hydrogen (secondary N) is 2. The average molecular weight is 385 g/mol. The number of anilines is 2. The fourth-order valence-electron chi connectivity index (χ4n) is 3.24. The highest BCUT2D eigenvalue weighted by Crippen LogP contribution is 2.21. The van der Waals surface area contributed by atoms with E-state index in [0.717, 1.165) is 30.0 Å². The minimum atomic E-state index is -0.103. The third-order valence-corrected chi connectivity index (χ3v) is 4.68. The quantitative estimate of drug-likeness (QED) is 0.579. The monoisotopic (exact) mass is 385 g/mol. The molecule has 2 N–H and O–H groups in total. The number of hydrogen-bond acceptors (Lipinski definition) is 5. The van der Waals surface area contributed by atoms with Gasteiger partial charge in [0.25, 0.3) is 5.91 Å². The van der Waals surface area contributed by atoms with E-state index in [2.05, 4.69) is 50.8 Å². The van der Waals surface area contributed by atoms with Crippen LogP contribution in [0.2, 0.25) is 0 Å². The highest BCUT2D eigenvalue weighted by Gasteiger charge is 2.09. The molecule has 4 rings (SSSR count). The molecule has 0 aliphatic carbocycles. The van der Waals surface area contributed by atoms with Gasteiger partial charge in [0.1, 0.15) is 0 Å². The van der Waals surface area contributed by atoms with Crippen molar-refractivity contribution < 1.29 is 4.79 Å². The predicted molar refractivity (Wildman–Crippen MR) is 115 cm³/mol. The zero-order valence-corrected chi connectivity index (χ0v) is 16.3. The lowest BCUT2D eigenvalue weighted by Gasteiger charge is -2.15. The van der Waals surface area contributed by atoms with Crippen molar-refractivity contribution in [3.05, 3.63) is 84.1 Å². The largest absolute Gasteiger partial charge is 0.349 e. The highest BCUT2D eigenvalue weighted by molar-refractivity contribution is 5.95. The molecule has 0 radical (unpaired) electrons.